The van der Waals surface area contributed by atoms with E-state index in [4.69, 9.17) is 4.74 Å². The van der Waals surface area contributed by atoms with Crippen LogP contribution < -0.4 is 15.4 Å². The lowest BCUT2D eigenvalue weighted by molar-refractivity contribution is 0.303. The summed E-state index contributed by atoms with van der Waals surface area (Å²) in [6, 6.07) is 7.48. The van der Waals surface area contributed by atoms with Gasteiger partial charge in [0.05, 0.1) is 24.0 Å². The van der Waals surface area contributed by atoms with Crippen molar-refractivity contribution in [2.24, 2.45) is 0 Å². The highest BCUT2D eigenvalue weighted by Crippen LogP contribution is 2.31. The zero-order valence-corrected chi connectivity index (χ0v) is 14.2. The van der Waals surface area contributed by atoms with Gasteiger partial charge in [0.1, 0.15) is 23.4 Å². The van der Waals surface area contributed by atoms with Gasteiger partial charge >= 0.3 is 0 Å². The number of nitrogens with one attached hydrogen (secondary N) is 2. The molecule has 1 saturated heterocycles. The lowest BCUT2D eigenvalue weighted by atomic mass is 10.1. The molecule has 0 unspecified atom stereocenters. The maximum atomic E-state index is 14.0. The second kappa shape index (κ2) is 6.25. The Labute approximate surface area is 150 Å². The van der Waals surface area contributed by atoms with Gasteiger partial charge in [-0.05, 0) is 31.0 Å². The van der Waals surface area contributed by atoms with E-state index in [0.29, 0.717) is 25.0 Å². The zero-order valence-electron chi connectivity index (χ0n) is 14.2. The van der Waals surface area contributed by atoms with E-state index in [1.54, 1.807) is 6.20 Å². The van der Waals surface area contributed by atoms with Crippen LogP contribution in [-0.2, 0) is 0 Å². The largest absolute Gasteiger partial charge is 0.490 e. The maximum absolute atomic E-state index is 14.0. The van der Waals surface area contributed by atoms with Crippen LogP contribution in [0.25, 0.3) is 16.9 Å². The van der Waals surface area contributed by atoms with E-state index in [0.717, 1.165) is 35.5 Å². The number of hydrogen-bond donors (Lipinski definition) is 2. The van der Waals surface area contributed by atoms with Crippen LogP contribution in [0.1, 0.15) is 12.8 Å². The highest BCUT2D eigenvalue weighted by Gasteiger charge is 2.28. The van der Waals surface area contributed by atoms with Gasteiger partial charge in [-0.3, -0.25) is 4.40 Å². The van der Waals surface area contributed by atoms with Gasteiger partial charge in [-0.15, -0.1) is 0 Å². The summed E-state index contributed by atoms with van der Waals surface area (Å²) in [7, 11) is 0. The molecule has 0 bridgehead atoms. The number of fused-ring (bicyclic) bond motifs is 1. The Morgan fingerprint density at radius 3 is 2.96 bits per heavy atom. The first-order valence-electron chi connectivity index (χ1n) is 8.98. The van der Waals surface area contributed by atoms with Crippen LogP contribution in [0.3, 0.4) is 0 Å². The van der Waals surface area contributed by atoms with Crippen LogP contribution >= 0.6 is 0 Å². The van der Waals surface area contributed by atoms with E-state index < -0.39 is 6.17 Å². The van der Waals surface area contributed by atoms with Gasteiger partial charge in [-0.2, -0.15) is 0 Å². The molecular formula is C19H20FN5O. The molecule has 1 aliphatic carbocycles. The number of ether oxygens (including phenoxy) is 1. The van der Waals surface area contributed by atoms with Gasteiger partial charge < -0.3 is 15.4 Å². The average molecular weight is 353 g/mol. The topological polar surface area (TPSA) is 63.5 Å². The number of pyridine rings is 2. The summed E-state index contributed by atoms with van der Waals surface area (Å²) < 4.78 is 21.8. The molecule has 26 heavy (non-hydrogen) atoms. The molecule has 1 aliphatic heterocycles. The monoisotopic (exact) mass is 353 g/mol. The third-order valence-electron chi connectivity index (χ3n) is 4.86. The quantitative estimate of drug-likeness (QED) is 0.738. The molecular weight excluding hydrogens is 333 g/mol. The first-order chi connectivity index (χ1) is 12.8. The van der Waals surface area contributed by atoms with Crippen molar-refractivity contribution in [3.63, 3.8) is 0 Å². The fraction of sp³-hybridized carbons (Fsp3) is 0.368. The predicted octanol–water partition coefficient (Wildman–Crippen LogP) is 2.66. The zero-order chi connectivity index (χ0) is 17.5. The van der Waals surface area contributed by atoms with Crippen molar-refractivity contribution < 1.29 is 9.13 Å². The first-order valence-corrected chi connectivity index (χ1v) is 8.98. The summed E-state index contributed by atoms with van der Waals surface area (Å²) in [5, 5.41) is 6.30. The van der Waals surface area contributed by atoms with Crippen molar-refractivity contribution >= 4 is 11.5 Å². The standard InChI is InChI=1S/C19H20FN5O/c20-15-9-21-10-16(15)24-19-14(2-1-6-22-19)17-11-23-18-8-13(5-7-25(17)18)26-12-3-4-12/h1-2,5-8,11-12,15-16,21H,3-4,9-10H2,(H,22,24)/t15-,16-/m0/s1. The van der Waals surface area contributed by atoms with Crippen LogP contribution in [0.15, 0.2) is 42.9 Å². The highest BCUT2D eigenvalue weighted by molar-refractivity contribution is 5.75. The fourth-order valence-electron chi connectivity index (χ4n) is 3.30. The summed E-state index contributed by atoms with van der Waals surface area (Å²) >= 11 is 0. The van der Waals surface area contributed by atoms with Gasteiger partial charge in [-0.1, -0.05) is 0 Å². The van der Waals surface area contributed by atoms with Crippen molar-refractivity contribution in [3.05, 3.63) is 42.9 Å². The third kappa shape index (κ3) is 2.88. The summed E-state index contributed by atoms with van der Waals surface area (Å²) in [6.45, 7) is 0.964. The van der Waals surface area contributed by atoms with Crippen LogP contribution in [0.5, 0.6) is 5.75 Å². The van der Waals surface area contributed by atoms with Crippen molar-refractivity contribution in [2.45, 2.75) is 31.2 Å². The number of imidazole rings is 1. The molecule has 4 heterocycles. The van der Waals surface area contributed by atoms with E-state index >= 15 is 0 Å². The predicted molar refractivity (Wildman–Crippen MR) is 97.2 cm³/mol. The average Bonchev–Trinajstić information content (AvgIpc) is 3.23. The summed E-state index contributed by atoms with van der Waals surface area (Å²) in [4.78, 5) is 8.95. The fourth-order valence-corrected chi connectivity index (χ4v) is 3.30. The molecule has 2 atom stereocenters. The Balaban J connectivity index is 1.49. The molecule has 134 valence electrons. The molecule has 2 N–H and O–H groups in total. The van der Waals surface area contributed by atoms with E-state index in [1.165, 1.54) is 0 Å². The molecule has 6 nitrogen and oxygen atoms in total. The van der Waals surface area contributed by atoms with Gasteiger partial charge in [0.2, 0.25) is 0 Å². The van der Waals surface area contributed by atoms with Crippen LogP contribution in [0, 0.1) is 0 Å². The Bertz CT molecular complexity index is 939. The summed E-state index contributed by atoms with van der Waals surface area (Å²) in [6.07, 6.45) is 7.18. The number of alkyl halides is 1. The van der Waals surface area contributed by atoms with Gasteiger partial charge in [0.15, 0.2) is 0 Å². The second-order valence-electron chi connectivity index (χ2n) is 6.88. The number of anilines is 1. The van der Waals surface area contributed by atoms with Crippen molar-refractivity contribution in [1.29, 1.82) is 0 Å². The Hall–Kier alpha value is -2.67. The summed E-state index contributed by atoms with van der Waals surface area (Å²) in [5.41, 5.74) is 2.63. The van der Waals surface area contributed by atoms with E-state index in [2.05, 4.69) is 20.6 Å². The smallest absolute Gasteiger partial charge is 0.140 e. The van der Waals surface area contributed by atoms with Gasteiger partial charge in [0, 0.05) is 37.1 Å². The third-order valence-corrected chi connectivity index (χ3v) is 4.86. The first kappa shape index (κ1) is 15.6. The Morgan fingerprint density at radius 2 is 2.15 bits per heavy atom. The van der Waals surface area contributed by atoms with Crippen molar-refractivity contribution in [2.75, 3.05) is 18.4 Å². The molecule has 0 aromatic carbocycles. The molecule has 2 aliphatic rings. The van der Waals surface area contributed by atoms with Crippen LogP contribution in [0.2, 0.25) is 0 Å². The highest BCUT2D eigenvalue weighted by atomic mass is 19.1. The normalized spacial score (nSPS) is 22.7. The maximum Gasteiger partial charge on any atom is 0.140 e. The van der Waals surface area contributed by atoms with E-state index in [-0.39, 0.29) is 6.04 Å². The molecule has 2 fully saturated rings. The van der Waals surface area contributed by atoms with Crippen LogP contribution in [-0.4, -0.2) is 45.8 Å². The summed E-state index contributed by atoms with van der Waals surface area (Å²) in [5.74, 6) is 1.52. The van der Waals surface area contributed by atoms with Crippen molar-refractivity contribution in [3.8, 4) is 17.0 Å². The molecule has 5 rings (SSSR count). The second-order valence-corrected chi connectivity index (χ2v) is 6.88. The van der Waals surface area contributed by atoms with Crippen LogP contribution in [0.4, 0.5) is 10.2 Å². The number of rotatable bonds is 5. The number of aromatic nitrogens is 3. The minimum atomic E-state index is -0.922. The van der Waals surface area contributed by atoms with Crippen molar-refractivity contribution in [1.82, 2.24) is 19.7 Å². The number of nitrogens with zero attached hydrogens (tertiary/aromatic N) is 3. The van der Waals surface area contributed by atoms with Gasteiger partial charge in [0.25, 0.3) is 0 Å². The Kier molecular flexibility index (Phi) is 3.74. The lowest BCUT2D eigenvalue weighted by Crippen LogP contribution is -2.30. The number of halogens is 1. The Morgan fingerprint density at radius 1 is 1.23 bits per heavy atom. The molecule has 3 aromatic rings. The molecule has 7 heteroatoms. The van der Waals surface area contributed by atoms with E-state index in [9.17, 15) is 4.39 Å². The van der Waals surface area contributed by atoms with E-state index in [1.807, 2.05) is 41.1 Å². The molecule has 1 saturated carbocycles. The molecule has 0 amide bonds. The minimum absolute atomic E-state index is 0.276. The molecule has 0 radical (unpaired) electrons. The number of hydrogen-bond acceptors (Lipinski definition) is 5. The van der Waals surface area contributed by atoms with Gasteiger partial charge in [-0.25, -0.2) is 14.4 Å². The molecule has 0 spiro atoms. The molecule has 3 aromatic heterocycles. The minimum Gasteiger partial charge on any atom is -0.490 e. The lowest BCUT2D eigenvalue weighted by Gasteiger charge is -2.17. The SMILES string of the molecule is F[C@H]1CNC[C@@H]1Nc1ncccc1-c1cnc2cc(OC3CC3)ccn12.